The van der Waals surface area contributed by atoms with Crippen LogP contribution >= 0.6 is 0 Å². The minimum absolute atomic E-state index is 0.249. The van der Waals surface area contributed by atoms with E-state index in [2.05, 4.69) is 25.2 Å². The Morgan fingerprint density at radius 1 is 1.31 bits per heavy atom. The second-order valence-electron chi connectivity index (χ2n) is 5.03. The second-order valence-corrected chi connectivity index (χ2v) is 5.03. The van der Waals surface area contributed by atoms with E-state index in [1.54, 1.807) is 0 Å². The van der Waals surface area contributed by atoms with Crippen molar-refractivity contribution in [1.29, 1.82) is 5.26 Å². The third-order valence-corrected chi connectivity index (χ3v) is 3.50. The summed E-state index contributed by atoms with van der Waals surface area (Å²) in [6, 6.07) is 8.02. The molecule has 1 aliphatic rings. The summed E-state index contributed by atoms with van der Waals surface area (Å²) in [5.74, 6) is 0. The molecule has 84 valence electrons. The van der Waals surface area contributed by atoms with Crippen molar-refractivity contribution in [3.05, 3.63) is 29.3 Å². The van der Waals surface area contributed by atoms with Crippen LogP contribution in [0.3, 0.4) is 0 Å². The Morgan fingerprint density at radius 2 is 2.00 bits per heavy atom. The van der Waals surface area contributed by atoms with E-state index in [-0.39, 0.29) is 5.54 Å². The quantitative estimate of drug-likeness (QED) is 0.816. The second kappa shape index (κ2) is 4.17. The van der Waals surface area contributed by atoms with Crippen LogP contribution < -0.4 is 5.32 Å². The average molecular weight is 214 g/mol. The van der Waals surface area contributed by atoms with Crippen LogP contribution in [0.25, 0.3) is 0 Å². The molecule has 1 aliphatic carbocycles. The van der Waals surface area contributed by atoms with Gasteiger partial charge in [-0.1, -0.05) is 12.8 Å². The highest BCUT2D eigenvalue weighted by atomic mass is 15.0. The maximum atomic E-state index is 8.82. The van der Waals surface area contributed by atoms with Gasteiger partial charge in [-0.25, -0.2) is 0 Å². The van der Waals surface area contributed by atoms with E-state index in [0.29, 0.717) is 0 Å². The van der Waals surface area contributed by atoms with Crippen molar-refractivity contribution in [3.8, 4) is 6.07 Å². The van der Waals surface area contributed by atoms with Gasteiger partial charge in [0.2, 0.25) is 0 Å². The number of hydrogen-bond donors (Lipinski definition) is 1. The highest BCUT2D eigenvalue weighted by Gasteiger charge is 2.28. The highest BCUT2D eigenvalue weighted by molar-refractivity contribution is 5.55. The number of anilines is 1. The summed E-state index contributed by atoms with van der Waals surface area (Å²) >= 11 is 0. The molecule has 0 heterocycles. The van der Waals surface area contributed by atoms with Crippen LogP contribution in [0.5, 0.6) is 0 Å². The number of nitriles is 1. The van der Waals surface area contributed by atoms with Crippen molar-refractivity contribution in [2.75, 3.05) is 5.32 Å². The van der Waals surface area contributed by atoms with Gasteiger partial charge in [0, 0.05) is 11.2 Å². The largest absolute Gasteiger partial charge is 0.380 e. The minimum Gasteiger partial charge on any atom is -0.380 e. The molecule has 2 rings (SSSR count). The zero-order chi connectivity index (χ0) is 11.6. The lowest BCUT2D eigenvalue weighted by Gasteiger charge is -2.27. The molecule has 0 radical (unpaired) electrons. The lowest BCUT2D eigenvalue weighted by atomic mass is 9.99. The third kappa shape index (κ3) is 2.19. The summed E-state index contributed by atoms with van der Waals surface area (Å²) in [5, 5.41) is 12.4. The first-order valence-electron chi connectivity index (χ1n) is 5.92. The Kier molecular flexibility index (Phi) is 2.87. The molecule has 0 aromatic heterocycles. The van der Waals surface area contributed by atoms with Crippen molar-refractivity contribution < 1.29 is 0 Å². The van der Waals surface area contributed by atoms with Crippen molar-refractivity contribution in [2.45, 2.75) is 45.1 Å². The molecule has 0 unspecified atom stereocenters. The minimum atomic E-state index is 0.249. The Bertz CT molecular complexity index is 423. The van der Waals surface area contributed by atoms with Gasteiger partial charge in [-0.15, -0.1) is 0 Å². The van der Waals surface area contributed by atoms with Crippen molar-refractivity contribution in [1.82, 2.24) is 0 Å². The first-order chi connectivity index (χ1) is 7.63. The van der Waals surface area contributed by atoms with Gasteiger partial charge in [0.1, 0.15) is 0 Å². The summed E-state index contributed by atoms with van der Waals surface area (Å²) in [6.45, 7) is 4.35. The van der Waals surface area contributed by atoms with Gasteiger partial charge in [0.15, 0.2) is 0 Å². The fourth-order valence-electron chi connectivity index (χ4n) is 2.48. The van der Waals surface area contributed by atoms with Gasteiger partial charge in [-0.05, 0) is 50.5 Å². The number of benzene rings is 1. The third-order valence-electron chi connectivity index (χ3n) is 3.50. The standard InChI is InChI=1S/C14H18N2/c1-11-9-12(10-15)5-6-13(11)16-14(2)7-3-4-8-14/h5-6,9,16H,3-4,7-8H2,1-2H3. The molecule has 0 bridgehead atoms. The van der Waals surface area contributed by atoms with Crippen LogP contribution in [0.2, 0.25) is 0 Å². The van der Waals surface area contributed by atoms with E-state index in [1.807, 2.05) is 18.2 Å². The number of nitrogens with zero attached hydrogens (tertiary/aromatic N) is 1. The molecular formula is C14H18N2. The Morgan fingerprint density at radius 3 is 2.56 bits per heavy atom. The average Bonchev–Trinajstić information content (AvgIpc) is 2.68. The summed E-state index contributed by atoms with van der Waals surface area (Å²) in [7, 11) is 0. The lowest BCUT2D eigenvalue weighted by molar-refractivity contribution is 0.533. The molecule has 1 N–H and O–H groups in total. The SMILES string of the molecule is Cc1cc(C#N)ccc1NC1(C)CCCC1. The molecule has 0 aliphatic heterocycles. The first-order valence-corrected chi connectivity index (χ1v) is 5.92. The predicted octanol–water partition coefficient (Wildman–Crippen LogP) is 3.61. The normalized spacial score (nSPS) is 18.1. The maximum absolute atomic E-state index is 8.82. The summed E-state index contributed by atoms with van der Waals surface area (Å²) in [4.78, 5) is 0. The van der Waals surface area contributed by atoms with E-state index in [1.165, 1.54) is 31.4 Å². The van der Waals surface area contributed by atoms with Crippen molar-refractivity contribution in [3.63, 3.8) is 0 Å². The molecule has 16 heavy (non-hydrogen) atoms. The lowest BCUT2D eigenvalue weighted by Crippen LogP contribution is -2.31. The molecule has 0 amide bonds. The number of rotatable bonds is 2. The molecule has 1 fully saturated rings. The molecule has 1 saturated carbocycles. The van der Waals surface area contributed by atoms with Gasteiger partial charge in [0.05, 0.1) is 11.6 Å². The fraction of sp³-hybridized carbons (Fsp3) is 0.500. The monoisotopic (exact) mass is 214 g/mol. The molecule has 1 aromatic carbocycles. The Hall–Kier alpha value is -1.49. The molecule has 2 heteroatoms. The van der Waals surface area contributed by atoms with E-state index >= 15 is 0 Å². The first kappa shape index (κ1) is 11.0. The van der Waals surface area contributed by atoms with Crippen molar-refractivity contribution in [2.24, 2.45) is 0 Å². The predicted molar refractivity (Wildman–Crippen MR) is 66.4 cm³/mol. The molecule has 0 saturated heterocycles. The van der Waals surface area contributed by atoms with Crippen LogP contribution in [-0.2, 0) is 0 Å². The highest BCUT2D eigenvalue weighted by Crippen LogP contribution is 2.33. The van der Waals surface area contributed by atoms with E-state index in [4.69, 9.17) is 5.26 Å². The van der Waals surface area contributed by atoms with Crippen LogP contribution in [0, 0.1) is 18.3 Å². The van der Waals surface area contributed by atoms with Crippen LogP contribution in [0.4, 0.5) is 5.69 Å². The van der Waals surface area contributed by atoms with E-state index in [9.17, 15) is 0 Å². The number of aryl methyl sites for hydroxylation is 1. The molecule has 2 nitrogen and oxygen atoms in total. The van der Waals surface area contributed by atoms with E-state index in [0.717, 1.165) is 11.1 Å². The fourth-order valence-corrected chi connectivity index (χ4v) is 2.48. The van der Waals surface area contributed by atoms with Gasteiger partial charge in [-0.3, -0.25) is 0 Å². The molecule has 1 aromatic rings. The summed E-state index contributed by atoms with van der Waals surface area (Å²) in [6.07, 6.45) is 5.12. The molecule has 0 spiro atoms. The van der Waals surface area contributed by atoms with Gasteiger partial charge in [0.25, 0.3) is 0 Å². The number of hydrogen-bond acceptors (Lipinski definition) is 2. The number of nitrogens with one attached hydrogen (secondary N) is 1. The maximum Gasteiger partial charge on any atom is 0.0991 e. The van der Waals surface area contributed by atoms with Crippen LogP contribution in [-0.4, -0.2) is 5.54 Å². The zero-order valence-corrected chi connectivity index (χ0v) is 10.0. The summed E-state index contributed by atoms with van der Waals surface area (Å²) < 4.78 is 0. The van der Waals surface area contributed by atoms with Crippen LogP contribution in [0.1, 0.15) is 43.7 Å². The molecular weight excluding hydrogens is 196 g/mol. The van der Waals surface area contributed by atoms with Crippen molar-refractivity contribution >= 4 is 5.69 Å². The zero-order valence-electron chi connectivity index (χ0n) is 10.0. The van der Waals surface area contributed by atoms with Gasteiger partial charge in [-0.2, -0.15) is 5.26 Å². The Labute approximate surface area is 97.3 Å². The van der Waals surface area contributed by atoms with E-state index < -0.39 is 0 Å². The van der Waals surface area contributed by atoms with Gasteiger partial charge >= 0.3 is 0 Å². The topological polar surface area (TPSA) is 35.8 Å². The Balaban J connectivity index is 2.19. The molecule has 0 atom stereocenters. The summed E-state index contributed by atoms with van der Waals surface area (Å²) in [5.41, 5.74) is 3.31. The van der Waals surface area contributed by atoms with Crippen LogP contribution in [0.15, 0.2) is 18.2 Å². The smallest absolute Gasteiger partial charge is 0.0991 e. The van der Waals surface area contributed by atoms with Gasteiger partial charge < -0.3 is 5.32 Å².